The SMILES string of the molecule is CCNC(=NCc1ccc(C)cc1)NCC(=O)N1CCc2sccc2C1. The topological polar surface area (TPSA) is 56.7 Å². The van der Waals surface area contributed by atoms with Crippen molar-refractivity contribution in [2.75, 3.05) is 19.6 Å². The van der Waals surface area contributed by atoms with E-state index >= 15 is 0 Å². The van der Waals surface area contributed by atoms with Gasteiger partial charge in [-0.15, -0.1) is 11.3 Å². The van der Waals surface area contributed by atoms with Crippen molar-refractivity contribution in [3.63, 3.8) is 0 Å². The van der Waals surface area contributed by atoms with E-state index in [1.807, 2.05) is 11.8 Å². The molecule has 0 radical (unpaired) electrons. The van der Waals surface area contributed by atoms with Crippen LogP contribution in [0.2, 0.25) is 0 Å². The Morgan fingerprint density at radius 1 is 1.23 bits per heavy atom. The Bertz CT molecular complexity index is 766. The second kappa shape index (κ2) is 8.85. The summed E-state index contributed by atoms with van der Waals surface area (Å²) in [5.41, 5.74) is 3.68. The Balaban J connectivity index is 1.53. The largest absolute Gasteiger partial charge is 0.357 e. The number of nitrogens with one attached hydrogen (secondary N) is 2. The van der Waals surface area contributed by atoms with Crippen LogP contribution < -0.4 is 10.6 Å². The van der Waals surface area contributed by atoms with Crippen LogP contribution in [0.5, 0.6) is 0 Å². The summed E-state index contributed by atoms with van der Waals surface area (Å²) in [6, 6.07) is 10.5. The smallest absolute Gasteiger partial charge is 0.242 e. The molecule has 0 bridgehead atoms. The highest BCUT2D eigenvalue weighted by molar-refractivity contribution is 7.10. The lowest BCUT2D eigenvalue weighted by molar-refractivity contribution is -0.130. The molecule has 1 amide bonds. The summed E-state index contributed by atoms with van der Waals surface area (Å²) in [5, 5.41) is 8.48. The molecule has 0 atom stereocenters. The minimum absolute atomic E-state index is 0.114. The maximum atomic E-state index is 12.5. The van der Waals surface area contributed by atoms with Gasteiger partial charge in [0.2, 0.25) is 5.91 Å². The number of carbonyl (C=O) groups excluding carboxylic acids is 1. The van der Waals surface area contributed by atoms with E-state index in [9.17, 15) is 4.79 Å². The minimum atomic E-state index is 0.114. The van der Waals surface area contributed by atoms with Gasteiger partial charge < -0.3 is 15.5 Å². The summed E-state index contributed by atoms with van der Waals surface area (Å²) in [4.78, 5) is 20.5. The van der Waals surface area contributed by atoms with Crippen molar-refractivity contribution in [2.24, 2.45) is 4.99 Å². The van der Waals surface area contributed by atoms with E-state index in [4.69, 9.17) is 0 Å². The Labute approximate surface area is 159 Å². The van der Waals surface area contributed by atoms with Crippen molar-refractivity contribution in [2.45, 2.75) is 33.4 Å². The van der Waals surface area contributed by atoms with Gasteiger partial charge in [0.25, 0.3) is 0 Å². The Kier molecular flexibility index (Phi) is 6.28. The lowest BCUT2D eigenvalue weighted by Crippen LogP contribution is -2.45. The van der Waals surface area contributed by atoms with Crippen molar-refractivity contribution in [1.29, 1.82) is 0 Å². The molecule has 3 rings (SSSR count). The third-order valence-corrected chi connectivity index (χ3v) is 5.48. The number of amides is 1. The molecule has 0 fully saturated rings. The zero-order valence-corrected chi connectivity index (χ0v) is 16.2. The molecule has 1 aromatic heterocycles. The zero-order valence-electron chi connectivity index (χ0n) is 15.4. The van der Waals surface area contributed by atoms with Crippen molar-refractivity contribution >= 4 is 23.2 Å². The molecule has 1 aromatic carbocycles. The van der Waals surface area contributed by atoms with Crippen LogP contribution in [0, 0.1) is 6.92 Å². The summed E-state index contributed by atoms with van der Waals surface area (Å²) in [7, 11) is 0. The number of benzene rings is 1. The molecule has 6 heteroatoms. The van der Waals surface area contributed by atoms with E-state index in [1.165, 1.54) is 16.0 Å². The predicted molar refractivity (Wildman–Crippen MR) is 107 cm³/mol. The first-order chi connectivity index (χ1) is 12.7. The van der Waals surface area contributed by atoms with Gasteiger partial charge in [-0.2, -0.15) is 0 Å². The fraction of sp³-hybridized carbons (Fsp3) is 0.400. The van der Waals surface area contributed by atoms with E-state index < -0.39 is 0 Å². The molecule has 0 saturated heterocycles. The first kappa shape index (κ1) is 18.5. The molecule has 1 aliphatic heterocycles. The number of guanidine groups is 1. The standard InChI is InChI=1S/C20H26N4OS/c1-3-21-20(22-12-16-6-4-15(2)5-7-16)23-13-19(25)24-10-8-18-17(14-24)9-11-26-18/h4-7,9,11H,3,8,10,12-14H2,1-2H3,(H2,21,22,23). The Morgan fingerprint density at radius 3 is 2.81 bits per heavy atom. The van der Waals surface area contributed by atoms with Gasteiger partial charge in [-0.05, 0) is 42.8 Å². The molecule has 0 saturated carbocycles. The number of hydrogen-bond acceptors (Lipinski definition) is 3. The highest BCUT2D eigenvalue weighted by Crippen LogP contribution is 2.23. The van der Waals surface area contributed by atoms with E-state index in [2.05, 4.69) is 58.3 Å². The van der Waals surface area contributed by atoms with Crippen molar-refractivity contribution in [3.05, 3.63) is 57.3 Å². The number of aryl methyl sites for hydroxylation is 1. The van der Waals surface area contributed by atoms with E-state index in [-0.39, 0.29) is 12.5 Å². The molecule has 26 heavy (non-hydrogen) atoms. The van der Waals surface area contributed by atoms with Gasteiger partial charge >= 0.3 is 0 Å². The average molecular weight is 371 g/mol. The molecule has 5 nitrogen and oxygen atoms in total. The van der Waals surface area contributed by atoms with Crippen molar-refractivity contribution < 1.29 is 4.79 Å². The van der Waals surface area contributed by atoms with Crippen LogP contribution in [0.1, 0.15) is 28.5 Å². The number of aliphatic imine (C=N–C) groups is 1. The molecule has 2 N–H and O–H groups in total. The summed E-state index contributed by atoms with van der Waals surface area (Å²) in [6.45, 7) is 7.22. The van der Waals surface area contributed by atoms with Crippen LogP contribution in [0.3, 0.4) is 0 Å². The summed E-state index contributed by atoms with van der Waals surface area (Å²) < 4.78 is 0. The number of thiophene rings is 1. The van der Waals surface area contributed by atoms with Crippen LogP contribution in [-0.2, 0) is 24.3 Å². The molecule has 2 aromatic rings. The highest BCUT2D eigenvalue weighted by Gasteiger charge is 2.21. The van der Waals surface area contributed by atoms with Crippen molar-refractivity contribution in [3.8, 4) is 0 Å². The molecule has 1 aliphatic rings. The lowest BCUT2D eigenvalue weighted by atomic mass is 10.1. The predicted octanol–water partition coefficient (Wildman–Crippen LogP) is 2.70. The van der Waals surface area contributed by atoms with Crippen LogP contribution >= 0.6 is 11.3 Å². The van der Waals surface area contributed by atoms with Crippen LogP contribution in [0.15, 0.2) is 40.7 Å². The molecule has 0 unspecified atom stereocenters. The third-order valence-electron chi connectivity index (χ3n) is 4.45. The molecular weight excluding hydrogens is 344 g/mol. The number of nitrogens with zero attached hydrogens (tertiary/aromatic N) is 2. The van der Waals surface area contributed by atoms with Gasteiger partial charge in [-0.1, -0.05) is 29.8 Å². The van der Waals surface area contributed by atoms with Gasteiger partial charge in [-0.3, -0.25) is 4.79 Å². The van der Waals surface area contributed by atoms with E-state index in [1.54, 1.807) is 11.3 Å². The summed E-state index contributed by atoms with van der Waals surface area (Å²) >= 11 is 1.79. The van der Waals surface area contributed by atoms with Crippen LogP contribution in [0.4, 0.5) is 0 Å². The Morgan fingerprint density at radius 2 is 2.04 bits per heavy atom. The Hall–Kier alpha value is -2.34. The van der Waals surface area contributed by atoms with Crippen LogP contribution in [-0.4, -0.2) is 36.4 Å². The number of fused-ring (bicyclic) bond motifs is 1. The van der Waals surface area contributed by atoms with Gasteiger partial charge in [0.1, 0.15) is 0 Å². The maximum absolute atomic E-state index is 12.5. The van der Waals surface area contributed by atoms with Crippen molar-refractivity contribution in [1.82, 2.24) is 15.5 Å². The number of hydrogen-bond donors (Lipinski definition) is 2. The zero-order chi connectivity index (χ0) is 18.4. The monoisotopic (exact) mass is 370 g/mol. The molecule has 2 heterocycles. The molecule has 138 valence electrons. The quantitative estimate of drug-likeness (QED) is 0.628. The maximum Gasteiger partial charge on any atom is 0.242 e. The van der Waals surface area contributed by atoms with Gasteiger partial charge in [-0.25, -0.2) is 4.99 Å². The lowest BCUT2D eigenvalue weighted by Gasteiger charge is -2.27. The van der Waals surface area contributed by atoms with Crippen LogP contribution in [0.25, 0.3) is 0 Å². The van der Waals surface area contributed by atoms with E-state index in [0.717, 1.165) is 31.6 Å². The second-order valence-electron chi connectivity index (χ2n) is 6.47. The first-order valence-corrected chi connectivity index (χ1v) is 9.94. The van der Waals surface area contributed by atoms with Gasteiger partial charge in [0.15, 0.2) is 5.96 Å². The normalized spacial score (nSPS) is 14.1. The van der Waals surface area contributed by atoms with Gasteiger partial charge in [0, 0.05) is 24.5 Å². The van der Waals surface area contributed by atoms with Gasteiger partial charge in [0.05, 0.1) is 13.1 Å². The molecule has 0 spiro atoms. The summed E-state index contributed by atoms with van der Waals surface area (Å²) in [6.07, 6.45) is 0.959. The summed E-state index contributed by atoms with van der Waals surface area (Å²) in [5.74, 6) is 0.789. The third kappa shape index (κ3) is 4.85. The fourth-order valence-electron chi connectivity index (χ4n) is 2.94. The molecular formula is C20H26N4OS. The number of carbonyl (C=O) groups is 1. The first-order valence-electron chi connectivity index (χ1n) is 9.06. The molecule has 0 aliphatic carbocycles. The minimum Gasteiger partial charge on any atom is -0.357 e. The average Bonchev–Trinajstić information content (AvgIpc) is 3.12. The van der Waals surface area contributed by atoms with E-state index in [0.29, 0.717) is 12.5 Å². The highest BCUT2D eigenvalue weighted by atomic mass is 32.1. The fourth-order valence-corrected chi connectivity index (χ4v) is 3.83. The number of rotatable bonds is 5. The second-order valence-corrected chi connectivity index (χ2v) is 7.47.